The predicted molar refractivity (Wildman–Crippen MR) is 91.9 cm³/mol. The number of likely N-dealkylation sites (tertiary alicyclic amines) is 2. The van der Waals surface area contributed by atoms with Crippen LogP contribution in [0, 0.1) is 11.3 Å². The fourth-order valence-corrected chi connectivity index (χ4v) is 4.63. The SMILES string of the molecule is O=C(O)C1CCN(C(=O)NCCN2CCC3(CCCCC3)CC2)C1. The first kappa shape index (κ1) is 17.5. The van der Waals surface area contributed by atoms with E-state index in [1.54, 1.807) is 4.90 Å². The lowest BCUT2D eigenvalue weighted by atomic mass is 9.68. The zero-order valence-corrected chi connectivity index (χ0v) is 14.6. The van der Waals surface area contributed by atoms with Crippen molar-refractivity contribution in [3.05, 3.63) is 0 Å². The molecule has 2 aliphatic heterocycles. The molecule has 1 unspecified atom stereocenters. The van der Waals surface area contributed by atoms with Crippen LogP contribution in [0.1, 0.15) is 51.4 Å². The van der Waals surface area contributed by atoms with E-state index >= 15 is 0 Å². The van der Waals surface area contributed by atoms with Crippen molar-refractivity contribution in [3.63, 3.8) is 0 Å². The van der Waals surface area contributed by atoms with Gasteiger partial charge in [0, 0.05) is 26.2 Å². The van der Waals surface area contributed by atoms with Gasteiger partial charge in [-0.3, -0.25) is 4.79 Å². The summed E-state index contributed by atoms with van der Waals surface area (Å²) in [6.07, 6.45) is 10.2. The van der Waals surface area contributed by atoms with Gasteiger partial charge < -0.3 is 20.2 Å². The molecule has 0 radical (unpaired) electrons. The molecule has 2 amide bonds. The molecule has 0 aromatic rings. The standard InChI is InChI=1S/C18H31N3O3/c22-16(23)15-4-10-21(14-15)17(24)19-9-13-20-11-7-18(8-12-20)5-2-1-3-6-18/h15H,1-14H2,(H,19,24)(H,22,23). The van der Waals surface area contributed by atoms with Gasteiger partial charge in [-0.15, -0.1) is 0 Å². The third-order valence-corrected chi connectivity index (χ3v) is 6.36. The van der Waals surface area contributed by atoms with Crippen molar-refractivity contribution in [1.29, 1.82) is 0 Å². The maximum atomic E-state index is 12.1. The van der Waals surface area contributed by atoms with Crippen LogP contribution in [0.3, 0.4) is 0 Å². The maximum Gasteiger partial charge on any atom is 0.317 e. The first-order chi connectivity index (χ1) is 11.6. The molecule has 136 valence electrons. The number of amides is 2. The van der Waals surface area contributed by atoms with Crippen molar-refractivity contribution in [3.8, 4) is 0 Å². The Balaban J connectivity index is 1.33. The summed E-state index contributed by atoms with van der Waals surface area (Å²) in [5.74, 6) is -1.19. The molecule has 2 N–H and O–H groups in total. The summed E-state index contributed by atoms with van der Waals surface area (Å²) in [4.78, 5) is 27.1. The average Bonchev–Trinajstić information content (AvgIpc) is 3.08. The lowest BCUT2D eigenvalue weighted by molar-refractivity contribution is -0.141. The normalized spacial score (nSPS) is 27.3. The number of carboxylic acid groups (broad SMARTS) is 1. The maximum absolute atomic E-state index is 12.1. The number of carboxylic acids is 1. The predicted octanol–water partition coefficient (Wildman–Crippen LogP) is 2.15. The fraction of sp³-hybridized carbons (Fsp3) is 0.889. The third kappa shape index (κ3) is 4.21. The molecule has 2 heterocycles. The minimum Gasteiger partial charge on any atom is -0.481 e. The van der Waals surface area contributed by atoms with E-state index < -0.39 is 11.9 Å². The number of hydrogen-bond donors (Lipinski definition) is 2. The van der Waals surface area contributed by atoms with E-state index in [2.05, 4.69) is 10.2 Å². The molecule has 1 saturated carbocycles. The number of piperidine rings is 1. The summed E-state index contributed by atoms with van der Waals surface area (Å²) in [7, 11) is 0. The first-order valence-electron chi connectivity index (χ1n) is 9.56. The van der Waals surface area contributed by atoms with Crippen LogP contribution >= 0.6 is 0 Å². The molecule has 0 bridgehead atoms. The van der Waals surface area contributed by atoms with E-state index in [9.17, 15) is 9.59 Å². The highest BCUT2D eigenvalue weighted by Gasteiger charge is 2.35. The highest BCUT2D eigenvalue weighted by molar-refractivity contribution is 5.77. The molecule has 6 nitrogen and oxygen atoms in total. The molecule has 6 heteroatoms. The average molecular weight is 337 g/mol. The van der Waals surface area contributed by atoms with Crippen LogP contribution in [-0.2, 0) is 4.79 Å². The number of carbonyl (C=O) groups excluding carboxylic acids is 1. The minimum absolute atomic E-state index is 0.112. The van der Waals surface area contributed by atoms with Crippen molar-refractivity contribution in [2.24, 2.45) is 11.3 Å². The van der Waals surface area contributed by atoms with E-state index in [0.717, 1.165) is 19.6 Å². The first-order valence-corrected chi connectivity index (χ1v) is 9.56. The van der Waals surface area contributed by atoms with Crippen molar-refractivity contribution in [1.82, 2.24) is 15.1 Å². The van der Waals surface area contributed by atoms with Crippen molar-refractivity contribution in [2.75, 3.05) is 39.3 Å². The smallest absolute Gasteiger partial charge is 0.317 e. The van der Waals surface area contributed by atoms with Crippen LogP contribution in [0.2, 0.25) is 0 Å². The van der Waals surface area contributed by atoms with Crippen LogP contribution in [0.5, 0.6) is 0 Å². The zero-order valence-electron chi connectivity index (χ0n) is 14.6. The fourth-order valence-electron chi connectivity index (χ4n) is 4.63. The van der Waals surface area contributed by atoms with Gasteiger partial charge in [0.15, 0.2) is 0 Å². The second kappa shape index (κ2) is 7.72. The van der Waals surface area contributed by atoms with E-state index in [4.69, 9.17) is 5.11 Å². The largest absolute Gasteiger partial charge is 0.481 e. The minimum atomic E-state index is -0.796. The molecule has 3 fully saturated rings. The molecule has 0 aromatic heterocycles. The Morgan fingerprint density at radius 3 is 2.38 bits per heavy atom. The number of aliphatic carboxylic acids is 1. The van der Waals surface area contributed by atoms with E-state index in [0.29, 0.717) is 31.5 Å². The third-order valence-electron chi connectivity index (χ3n) is 6.36. The second-order valence-electron chi connectivity index (χ2n) is 7.90. The molecule has 1 aliphatic carbocycles. The Labute approximate surface area is 144 Å². The molecular formula is C18H31N3O3. The van der Waals surface area contributed by atoms with Gasteiger partial charge in [-0.25, -0.2) is 4.79 Å². The Bertz CT molecular complexity index is 452. The Kier molecular flexibility index (Phi) is 5.64. The number of hydrogen-bond acceptors (Lipinski definition) is 3. The summed E-state index contributed by atoms with van der Waals surface area (Å²) in [6.45, 7) is 4.75. The number of rotatable bonds is 4. The Morgan fingerprint density at radius 1 is 1.04 bits per heavy atom. The lowest BCUT2D eigenvalue weighted by Crippen LogP contribution is -2.46. The van der Waals surface area contributed by atoms with Crippen molar-refractivity contribution < 1.29 is 14.7 Å². The molecular weight excluding hydrogens is 306 g/mol. The molecule has 2 saturated heterocycles. The Hall–Kier alpha value is -1.30. The molecule has 3 aliphatic rings. The molecule has 1 atom stereocenters. The Morgan fingerprint density at radius 2 is 1.75 bits per heavy atom. The monoisotopic (exact) mass is 337 g/mol. The second-order valence-corrected chi connectivity index (χ2v) is 7.90. The van der Waals surface area contributed by atoms with Gasteiger partial charge in [0.05, 0.1) is 5.92 Å². The molecule has 3 rings (SSSR count). The summed E-state index contributed by atoms with van der Waals surface area (Å²) in [5, 5.41) is 12.0. The van der Waals surface area contributed by atoms with Gasteiger partial charge in [0.2, 0.25) is 0 Å². The number of nitrogens with zero attached hydrogens (tertiary/aromatic N) is 2. The molecule has 24 heavy (non-hydrogen) atoms. The van der Waals surface area contributed by atoms with Gasteiger partial charge in [0.25, 0.3) is 0 Å². The summed E-state index contributed by atoms with van der Waals surface area (Å²) in [5.41, 5.74) is 0.624. The van der Waals surface area contributed by atoms with Gasteiger partial charge in [-0.1, -0.05) is 19.3 Å². The molecule has 0 aromatic carbocycles. The molecule has 1 spiro atoms. The summed E-state index contributed by atoms with van der Waals surface area (Å²) < 4.78 is 0. The van der Waals surface area contributed by atoms with Crippen molar-refractivity contribution in [2.45, 2.75) is 51.4 Å². The highest BCUT2D eigenvalue weighted by atomic mass is 16.4. The van der Waals surface area contributed by atoms with Gasteiger partial charge in [-0.05, 0) is 50.6 Å². The lowest BCUT2D eigenvalue weighted by Gasteiger charge is -2.44. The van der Waals surface area contributed by atoms with Crippen LogP contribution < -0.4 is 5.32 Å². The van der Waals surface area contributed by atoms with Gasteiger partial charge in [-0.2, -0.15) is 0 Å². The van der Waals surface area contributed by atoms with Crippen LogP contribution in [0.4, 0.5) is 4.79 Å². The quantitative estimate of drug-likeness (QED) is 0.824. The van der Waals surface area contributed by atoms with E-state index in [1.807, 2.05) is 0 Å². The number of nitrogens with one attached hydrogen (secondary N) is 1. The van der Waals surface area contributed by atoms with Crippen LogP contribution in [0.15, 0.2) is 0 Å². The summed E-state index contributed by atoms with van der Waals surface area (Å²) in [6, 6.07) is -0.112. The van der Waals surface area contributed by atoms with Crippen LogP contribution in [-0.4, -0.2) is 66.2 Å². The van der Waals surface area contributed by atoms with Crippen molar-refractivity contribution >= 4 is 12.0 Å². The van der Waals surface area contributed by atoms with E-state index in [1.165, 1.54) is 44.9 Å². The number of carbonyl (C=O) groups is 2. The summed E-state index contributed by atoms with van der Waals surface area (Å²) >= 11 is 0. The van der Waals surface area contributed by atoms with Gasteiger partial charge in [0.1, 0.15) is 0 Å². The zero-order chi connectivity index (χ0) is 17.0. The van der Waals surface area contributed by atoms with Gasteiger partial charge >= 0.3 is 12.0 Å². The number of urea groups is 1. The topological polar surface area (TPSA) is 72.9 Å². The van der Waals surface area contributed by atoms with Crippen LogP contribution in [0.25, 0.3) is 0 Å². The van der Waals surface area contributed by atoms with E-state index in [-0.39, 0.29) is 6.03 Å². The highest BCUT2D eigenvalue weighted by Crippen LogP contribution is 2.44.